The second-order valence-electron chi connectivity index (χ2n) is 5.50. The molecule has 0 aliphatic rings. The number of nitrogen functional groups attached to an aromatic ring is 1. The Morgan fingerprint density at radius 1 is 0.960 bits per heavy atom. The Labute approximate surface area is 149 Å². The third kappa shape index (κ3) is 3.49. The van der Waals surface area contributed by atoms with E-state index in [1.165, 1.54) is 25.3 Å². The van der Waals surface area contributed by atoms with E-state index in [9.17, 15) is 9.18 Å². The lowest BCUT2D eigenvalue weighted by Gasteiger charge is -2.11. The number of halogens is 2. The van der Waals surface area contributed by atoms with E-state index in [1.807, 2.05) is 24.3 Å². The van der Waals surface area contributed by atoms with Crippen LogP contribution in [0.1, 0.15) is 10.4 Å². The highest BCUT2D eigenvalue weighted by Gasteiger charge is 2.15. The van der Waals surface area contributed by atoms with Crippen molar-refractivity contribution < 1.29 is 13.9 Å². The number of nitrogens with two attached hydrogens (primary N) is 1. The normalized spacial score (nSPS) is 10.5. The molecule has 0 aliphatic carbocycles. The minimum atomic E-state index is -0.515. The second-order valence-corrected chi connectivity index (χ2v) is 5.90. The summed E-state index contributed by atoms with van der Waals surface area (Å²) in [5.41, 5.74) is 9.75. The molecule has 0 amide bonds. The Bertz CT molecular complexity index is 922. The maximum atomic E-state index is 13.0. The number of methoxy groups -OCH3 is 1. The van der Waals surface area contributed by atoms with Crippen LogP contribution in [0.2, 0.25) is 5.02 Å². The van der Waals surface area contributed by atoms with Gasteiger partial charge in [-0.2, -0.15) is 0 Å². The lowest BCUT2D eigenvalue weighted by Crippen LogP contribution is -2.06. The molecule has 0 radical (unpaired) electrons. The fraction of sp³-hybridized carbons (Fsp3) is 0.0500. The number of carbonyl (C=O) groups is 1. The average Bonchev–Trinajstić information content (AvgIpc) is 2.62. The van der Waals surface area contributed by atoms with E-state index in [4.69, 9.17) is 22.1 Å². The van der Waals surface area contributed by atoms with Gasteiger partial charge >= 0.3 is 5.97 Å². The minimum absolute atomic E-state index is 0.267. The molecule has 0 fully saturated rings. The van der Waals surface area contributed by atoms with Crippen molar-refractivity contribution in [1.29, 1.82) is 0 Å². The third-order valence-corrected chi connectivity index (χ3v) is 4.23. The zero-order valence-electron chi connectivity index (χ0n) is 13.4. The zero-order valence-corrected chi connectivity index (χ0v) is 14.2. The predicted octanol–water partition coefficient (Wildman–Crippen LogP) is 5.18. The topological polar surface area (TPSA) is 52.3 Å². The van der Waals surface area contributed by atoms with Crippen LogP contribution < -0.4 is 5.73 Å². The van der Waals surface area contributed by atoms with Crippen LogP contribution in [0.15, 0.2) is 60.7 Å². The lowest BCUT2D eigenvalue weighted by molar-refractivity contribution is 0.0602. The summed E-state index contributed by atoms with van der Waals surface area (Å²) in [6.45, 7) is 0. The van der Waals surface area contributed by atoms with E-state index < -0.39 is 5.97 Å². The molecule has 0 unspecified atom stereocenters. The number of benzene rings is 3. The summed E-state index contributed by atoms with van der Waals surface area (Å²) in [4.78, 5) is 11.8. The van der Waals surface area contributed by atoms with Crippen molar-refractivity contribution in [2.24, 2.45) is 0 Å². The molecule has 0 heterocycles. The first-order chi connectivity index (χ1) is 12.0. The maximum absolute atomic E-state index is 13.0. The molecular weight excluding hydrogens is 341 g/mol. The van der Waals surface area contributed by atoms with Gasteiger partial charge in [-0.25, -0.2) is 9.18 Å². The number of rotatable bonds is 3. The smallest absolute Gasteiger partial charge is 0.339 e. The molecule has 5 heteroatoms. The van der Waals surface area contributed by atoms with E-state index >= 15 is 0 Å². The summed E-state index contributed by atoms with van der Waals surface area (Å²) < 4.78 is 17.8. The van der Waals surface area contributed by atoms with Gasteiger partial charge in [0.2, 0.25) is 0 Å². The molecule has 3 nitrogen and oxygen atoms in total. The van der Waals surface area contributed by atoms with Gasteiger partial charge in [0, 0.05) is 11.3 Å². The Hall–Kier alpha value is -2.85. The summed E-state index contributed by atoms with van der Waals surface area (Å²) in [5, 5.41) is 0.444. The quantitative estimate of drug-likeness (QED) is 0.520. The van der Waals surface area contributed by atoms with Crippen LogP contribution in [0.4, 0.5) is 10.1 Å². The highest BCUT2D eigenvalue weighted by atomic mass is 35.5. The fourth-order valence-corrected chi connectivity index (χ4v) is 2.86. The molecule has 0 saturated carbocycles. The second kappa shape index (κ2) is 6.95. The number of hydrogen-bond donors (Lipinski definition) is 1. The number of anilines is 1. The van der Waals surface area contributed by atoms with Crippen LogP contribution in [0.5, 0.6) is 0 Å². The fourth-order valence-electron chi connectivity index (χ4n) is 2.58. The lowest BCUT2D eigenvalue weighted by atomic mass is 9.98. The molecule has 3 aromatic rings. The molecule has 0 saturated heterocycles. The molecule has 126 valence electrons. The van der Waals surface area contributed by atoms with E-state index in [0.717, 1.165) is 16.7 Å². The van der Waals surface area contributed by atoms with Gasteiger partial charge in [0.05, 0.1) is 17.7 Å². The van der Waals surface area contributed by atoms with Crippen LogP contribution in [-0.4, -0.2) is 13.1 Å². The van der Waals surface area contributed by atoms with Gasteiger partial charge in [0.25, 0.3) is 0 Å². The van der Waals surface area contributed by atoms with E-state index in [0.29, 0.717) is 10.6 Å². The summed E-state index contributed by atoms with van der Waals surface area (Å²) in [6.07, 6.45) is 0. The molecule has 2 N–H and O–H groups in total. The Morgan fingerprint density at radius 2 is 1.48 bits per heavy atom. The zero-order chi connectivity index (χ0) is 18.0. The number of ether oxygens (including phenoxy) is 1. The summed E-state index contributed by atoms with van der Waals surface area (Å²) in [5.74, 6) is -0.789. The van der Waals surface area contributed by atoms with Crippen molar-refractivity contribution in [2.75, 3.05) is 12.8 Å². The van der Waals surface area contributed by atoms with Crippen molar-refractivity contribution >= 4 is 23.3 Å². The van der Waals surface area contributed by atoms with Crippen molar-refractivity contribution in [3.63, 3.8) is 0 Å². The van der Waals surface area contributed by atoms with Gasteiger partial charge in [-0.3, -0.25) is 0 Å². The monoisotopic (exact) mass is 355 g/mol. The first kappa shape index (κ1) is 17.0. The van der Waals surface area contributed by atoms with E-state index in [1.54, 1.807) is 18.2 Å². The van der Waals surface area contributed by atoms with Gasteiger partial charge in [-0.15, -0.1) is 0 Å². The molecule has 3 rings (SSSR count). The summed E-state index contributed by atoms with van der Waals surface area (Å²) >= 11 is 6.28. The minimum Gasteiger partial charge on any atom is -0.465 e. The van der Waals surface area contributed by atoms with Crippen molar-refractivity contribution in [2.45, 2.75) is 0 Å². The Morgan fingerprint density at radius 3 is 2.04 bits per heavy atom. The highest BCUT2D eigenvalue weighted by Crippen LogP contribution is 2.33. The van der Waals surface area contributed by atoms with Crippen molar-refractivity contribution in [1.82, 2.24) is 0 Å². The summed E-state index contributed by atoms with van der Waals surface area (Å²) in [7, 11) is 1.30. The molecule has 3 aromatic carbocycles. The maximum Gasteiger partial charge on any atom is 0.339 e. The molecule has 0 aromatic heterocycles. The van der Waals surface area contributed by atoms with Crippen molar-refractivity contribution in [3.8, 4) is 22.3 Å². The van der Waals surface area contributed by atoms with Crippen LogP contribution in [0, 0.1) is 5.82 Å². The van der Waals surface area contributed by atoms with Crippen molar-refractivity contribution in [3.05, 3.63) is 77.1 Å². The van der Waals surface area contributed by atoms with Crippen LogP contribution >= 0.6 is 11.6 Å². The Balaban J connectivity index is 2.00. The van der Waals surface area contributed by atoms with Gasteiger partial charge in [-0.1, -0.05) is 48.0 Å². The molecule has 0 spiro atoms. The Kier molecular flexibility index (Phi) is 4.72. The molecule has 0 bridgehead atoms. The largest absolute Gasteiger partial charge is 0.465 e. The average molecular weight is 356 g/mol. The predicted molar refractivity (Wildman–Crippen MR) is 98.0 cm³/mol. The van der Waals surface area contributed by atoms with Gasteiger partial charge in [-0.05, 0) is 41.0 Å². The third-order valence-electron chi connectivity index (χ3n) is 3.92. The van der Waals surface area contributed by atoms with Gasteiger partial charge in [0.1, 0.15) is 5.82 Å². The standard InChI is InChI=1S/C20H15ClFNO2/c1-25-20(24)17-10-16(18(21)11-19(17)23)14-4-2-12(3-5-14)13-6-8-15(22)9-7-13/h2-11H,23H2,1H3. The number of hydrogen-bond acceptors (Lipinski definition) is 3. The van der Waals surface area contributed by atoms with E-state index in [2.05, 4.69) is 0 Å². The molecule has 0 aliphatic heterocycles. The first-order valence-corrected chi connectivity index (χ1v) is 7.91. The van der Waals surface area contributed by atoms with E-state index in [-0.39, 0.29) is 17.1 Å². The number of esters is 1. The SMILES string of the molecule is COC(=O)c1cc(-c2ccc(-c3ccc(F)cc3)cc2)c(Cl)cc1N. The van der Waals surface area contributed by atoms with Crippen LogP contribution in [-0.2, 0) is 4.74 Å². The van der Waals surface area contributed by atoms with Gasteiger partial charge < -0.3 is 10.5 Å². The van der Waals surface area contributed by atoms with Gasteiger partial charge in [0.15, 0.2) is 0 Å². The first-order valence-electron chi connectivity index (χ1n) is 7.53. The highest BCUT2D eigenvalue weighted by molar-refractivity contribution is 6.34. The molecule has 25 heavy (non-hydrogen) atoms. The molecular formula is C20H15ClFNO2. The van der Waals surface area contributed by atoms with Crippen LogP contribution in [0.25, 0.3) is 22.3 Å². The van der Waals surface area contributed by atoms with Crippen LogP contribution in [0.3, 0.4) is 0 Å². The number of carbonyl (C=O) groups excluding carboxylic acids is 1. The molecule has 0 atom stereocenters. The summed E-state index contributed by atoms with van der Waals surface area (Å²) in [6, 6.07) is 17.0.